The summed E-state index contributed by atoms with van der Waals surface area (Å²) in [5.41, 5.74) is 9.89. The summed E-state index contributed by atoms with van der Waals surface area (Å²) in [5.74, 6) is 0.0715. The molecule has 20 heavy (non-hydrogen) atoms. The lowest BCUT2D eigenvalue weighted by atomic mass is 10.1. The van der Waals surface area contributed by atoms with Gasteiger partial charge in [0.25, 0.3) is 0 Å². The number of benzene rings is 1. The highest BCUT2D eigenvalue weighted by Crippen LogP contribution is 2.23. The van der Waals surface area contributed by atoms with E-state index < -0.39 is 0 Å². The molecule has 0 spiro atoms. The molecule has 2 N–H and O–H groups in total. The third-order valence-corrected chi connectivity index (χ3v) is 4.47. The number of fused-ring (bicyclic) bond motifs is 1. The number of aryl methyl sites for hydroxylation is 2. The molecular formula is C16H23N3O. The number of nitrogens with zero attached hydrogens (tertiary/aromatic N) is 2. The van der Waals surface area contributed by atoms with E-state index in [2.05, 4.69) is 23.1 Å². The van der Waals surface area contributed by atoms with E-state index in [0.29, 0.717) is 0 Å². The maximum Gasteiger partial charge on any atom is 0.236 e. The van der Waals surface area contributed by atoms with E-state index in [1.54, 1.807) is 5.56 Å². The van der Waals surface area contributed by atoms with E-state index in [4.69, 9.17) is 5.73 Å². The first kappa shape index (κ1) is 13.6. The lowest BCUT2D eigenvalue weighted by Crippen LogP contribution is -2.49. The molecule has 0 bridgehead atoms. The Labute approximate surface area is 120 Å². The second-order valence-corrected chi connectivity index (χ2v) is 5.82. The molecule has 108 valence electrons. The van der Waals surface area contributed by atoms with Gasteiger partial charge in [-0.05, 0) is 36.0 Å². The smallest absolute Gasteiger partial charge is 0.236 e. The predicted molar refractivity (Wildman–Crippen MR) is 79.4 cm³/mol. The Kier molecular flexibility index (Phi) is 4.03. The third-order valence-electron chi connectivity index (χ3n) is 4.47. The number of piperazine rings is 1. The monoisotopic (exact) mass is 273 g/mol. The van der Waals surface area contributed by atoms with Gasteiger partial charge in [-0.1, -0.05) is 18.2 Å². The number of rotatable bonds is 3. The molecule has 1 saturated heterocycles. The Morgan fingerprint density at radius 2 is 1.85 bits per heavy atom. The second kappa shape index (κ2) is 5.94. The Bertz CT molecular complexity index is 492. The molecule has 1 amide bonds. The summed E-state index contributed by atoms with van der Waals surface area (Å²) < 4.78 is 0. The molecule has 1 heterocycles. The van der Waals surface area contributed by atoms with Crippen LogP contribution < -0.4 is 5.73 Å². The molecule has 0 radical (unpaired) electrons. The predicted octanol–water partition coefficient (Wildman–Crippen LogP) is 0.778. The Morgan fingerprint density at radius 1 is 1.10 bits per heavy atom. The van der Waals surface area contributed by atoms with Crippen molar-refractivity contribution < 1.29 is 4.79 Å². The summed E-state index contributed by atoms with van der Waals surface area (Å²) in [6, 6.07) is 6.94. The van der Waals surface area contributed by atoms with E-state index in [9.17, 15) is 4.79 Å². The molecule has 4 heteroatoms. The van der Waals surface area contributed by atoms with Crippen molar-refractivity contribution in [2.24, 2.45) is 5.73 Å². The SMILES string of the molecule is NCC(=O)N1CCN(Cc2ccc3c(c2)CCC3)CC1. The highest BCUT2D eigenvalue weighted by molar-refractivity contribution is 5.78. The summed E-state index contributed by atoms with van der Waals surface area (Å²) >= 11 is 0. The molecular weight excluding hydrogens is 250 g/mol. The Balaban J connectivity index is 1.56. The maximum absolute atomic E-state index is 11.5. The van der Waals surface area contributed by atoms with Crippen molar-refractivity contribution in [3.63, 3.8) is 0 Å². The van der Waals surface area contributed by atoms with Crippen LogP contribution in [-0.4, -0.2) is 48.4 Å². The minimum absolute atomic E-state index is 0.0715. The molecule has 4 nitrogen and oxygen atoms in total. The van der Waals surface area contributed by atoms with Gasteiger partial charge in [-0.15, -0.1) is 0 Å². The average molecular weight is 273 g/mol. The largest absolute Gasteiger partial charge is 0.339 e. The van der Waals surface area contributed by atoms with Crippen LogP contribution in [-0.2, 0) is 24.2 Å². The van der Waals surface area contributed by atoms with Crippen LogP contribution in [0.5, 0.6) is 0 Å². The van der Waals surface area contributed by atoms with E-state index in [-0.39, 0.29) is 12.5 Å². The van der Waals surface area contributed by atoms with Gasteiger partial charge in [0.15, 0.2) is 0 Å². The summed E-state index contributed by atoms with van der Waals surface area (Å²) in [7, 11) is 0. The molecule has 0 aromatic heterocycles. The summed E-state index contributed by atoms with van der Waals surface area (Å²) in [6.07, 6.45) is 3.79. The van der Waals surface area contributed by atoms with Gasteiger partial charge in [0.05, 0.1) is 6.54 Å². The molecule has 0 atom stereocenters. The third kappa shape index (κ3) is 2.86. The molecule has 0 unspecified atom stereocenters. The van der Waals surface area contributed by atoms with Crippen LogP contribution >= 0.6 is 0 Å². The summed E-state index contributed by atoms with van der Waals surface area (Å²) in [4.78, 5) is 15.8. The fourth-order valence-electron chi connectivity index (χ4n) is 3.27. The van der Waals surface area contributed by atoms with Gasteiger partial charge in [-0.3, -0.25) is 9.69 Å². The van der Waals surface area contributed by atoms with Crippen LogP contribution in [0.2, 0.25) is 0 Å². The number of hydrogen-bond donors (Lipinski definition) is 1. The topological polar surface area (TPSA) is 49.6 Å². The molecule has 1 aliphatic carbocycles. The van der Waals surface area contributed by atoms with Gasteiger partial charge < -0.3 is 10.6 Å². The van der Waals surface area contributed by atoms with Gasteiger partial charge in [-0.2, -0.15) is 0 Å². The first-order chi connectivity index (χ1) is 9.76. The van der Waals surface area contributed by atoms with Gasteiger partial charge in [-0.25, -0.2) is 0 Å². The van der Waals surface area contributed by atoms with Gasteiger partial charge >= 0.3 is 0 Å². The molecule has 1 aliphatic heterocycles. The first-order valence-corrected chi connectivity index (χ1v) is 7.57. The Hall–Kier alpha value is -1.39. The first-order valence-electron chi connectivity index (χ1n) is 7.57. The van der Waals surface area contributed by atoms with Gasteiger partial charge in [0.1, 0.15) is 0 Å². The number of carbonyl (C=O) groups excluding carboxylic acids is 1. The summed E-state index contributed by atoms with van der Waals surface area (Å²) in [6.45, 7) is 4.64. The number of carbonyl (C=O) groups is 1. The van der Waals surface area contributed by atoms with Crippen molar-refractivity contribution in [3.05, 3.63) is 34.9 Å². The minimum atomic E-state index is 0.0715. The zero-order valence-electron chi connectivity index (χ0n) is 12.0. The molecule has 1 fully saturated rings. The van der Waals surface area contributed by atoms with Crippen molar-refractivity contribution in [2.45, 2.75) is 25.8 Å². The van der Waals surface area contributed by atoms with Crippen LogP contribution in [0.15, 0.2) is 18.2 Å². The molecule has 2 aliphatic rings. The lowest BCUT2D eigenvalue weighted by molar-refractivity contribution is -0.131. The van der Waals surface area contributed by atoms with Crippen molar-refractivity contribution in [1.29, 1.82) is 0 Å². The highest BCUT2D eigenvalue weighted by atomic mass is 16.2. The highest BCUT2D eigenvalue weighted by Gasteiger charge is 2.20. The number of nitrogens with two attached hydrogens (primary N) is 1. The van der Waals surface area contributed by atoms with Crippen molar-refractivity contribution in [3.8, 4) is 0 Å². The van der Waals surface area contributed by atoms with E-state index >= 15 is 0 Å². The molecule has 1 aromatic rings. The van der Waals surface area contributed by atoms with Crippen LogP contribution in [0.25, 0.3) is 0 Å². The van der Waals surface area contributed by atoms with Crippen molar-refractivity contribution >= 4 is 5.91 Å². The zero-order valence-corrected chi connectivity index (χ0v) is 12.0. The lowest BCUT2D eigenvalue weighted by Gasteiger charge is -2.34. The van der Waals surface area contributed by atoms with Crippen LogP contribution in [0, 0.1) is 0 Å². The second-order valence-electron chi connectivity index (χ2n) is 5.82. The maximum atomic E-state index is 11.5. The fraction of sp³-hybridized carbons (Fsp3) is 0.562. The van der Waals surface area contributed by atoms with E-state index in [1.807, 2.05) is 4.90 Å². The van der Waals surface area contributed by atoms with Crippen LogP contribution in [0.3, 0.4) is 0 Å². The van der Waals surface area contributed by atoms with E-state index in [1.165, 1.54) is 30.4 Å². The zero-order chi connectivity index (χ0) is 13.9. The van der Waals surface area contributed by atoms with E-state index in [0.717, 1.165) is 32.7 Å². The van der Waals surface area contributed by atoms with Gasteiger partial charge in [0.2, 0.25) is 5.91 Å². The summed E-state index contributed by atoms with van der Waals surface area (Å²) in [5, 5.41) is 0. The fourth-order valence-corrected chi connectivity index (χ4v) is 3.27. The average Bonchev–Trinajstić information content (AvgIpc) is 2.95. The van der Waals surface area contributed by atoms with Crippen LogP contribution in [0.1, 0.15) is 23.1 Å². The number of hydrogen-bond acceptors (Lipinski definition) is 3. The van der Waals surface area contributed by atoms with Crippen molar-refractivity contribution in [2.75, 3.05) is 32.7 Å². The minimum Gasteiger partial charge on any atom is -0.339 e. The Morgan fingerprint density at radius 3 is 2.60 bits per heavy atom. The van der Waals surface area contributed by atoms with Gasteiger partial charge in [0, 0.05) is 32.7 Å². The molecule has 1 aromatic carbocycles. The van der Waals surface area contributed by atoms with Crippen molar-refractivity contribution in [1.82, 2.24) is 9.80 Å². The van der Waals surface area contributed by atoms with Crippen LogP contribution in [0.4, 0.5) is 0 Å². The number of amides is 1. The standard InChI is InChI=1S/C16H23N3O/c17-11-16(20)19-8-6-18(7-9-19)12-13-4-5-14-2-1-3-15(14)10-13/h4-5,10H,1-3,6-9,11-12,17H2. The molecule has 3 rings (SSSR count). The molecule has 0 saturated carbocycles. The normalized spacial score (nSPS) is 19.1. The quantitative estimate of drug-likeness (QED) is 0.885.